The van der Waals surface area contributed by atoms with Gasteiger partial charge in [0.05, 0.1) is 0 Å². The van der Waals surface area contributed by atoms with Crippen molar-refractivity contribution in [3.05, 3.63) is 29.8 Å². The van der Waals surface area contributed by atoms with Crippen molar-refractivity contribution in [2.75, 3.05) is 24.7 Å². The van der Waals surface area contributed by atoms with Gasteiger partial charge in [-0.05, 0) is 24.5 Å². The number of nitrogens with zero attached hydrogens (tertiary/aromatic N) is 1. The first kappa shape index (κ1) is 15.8. The first-order valence-electron chi connectivity index (χ1n) is 6.68. The van der Waals surface area contributed by atoms with Crippen LogP contribution in [0.15, 0.2) is 24.3 Å². The van der Waals surface area contributed by atoms with Crippen LogP contribution in [0.1, 0.15) is 24.4 Å². The average molecular weight is 302 g/mol. The van der Waals surface area contributed by atoms with Crippen molar-refractivity contribution in [3.63, 3.8) is 0 Å². The molecule has 0 radical (unpaired) electrons. The summed E-state index contributed by atoms with van der Waals surface area (Å²) in [6, 6.07) is 7.01. The number of amides is 1. The first-order valence-corrected chi connectivity index (χ1v) is 6.68. The summed E-state index contributed by atoms with van der Waals surface area (Å²) < 4.78 is 40.6. The fraction of sp³-hybridized carbons (Fsp3) is 0.500. The van der Waals surface area contributed by atoms with Gasteiger partial charge in [-0.25, -0.2) is 0 Å². The lowest BCUT2D eigenvalue weighted by Crippen LogP contribution is -2.35. The molecular weight excluding hydrogens is 285 g/mol. The van der Waals surface area contributed by atoms with E-state index in [2.05, 4.69) is 4.74 Å². The summed E-state index contributed by atoms with van der Waals surface area (Å²) in [6.45, 7) is -1.59. The van der Waals surface area contributed by atoms with Gasteiger partial charge in [-0.15, -0.1) is 0 Å². The van der Waals surface area contributed by atoms with Crippen LogP contribution in [0.2, 0.25) is 0 Å². The van der Waals surface area contributed by atoms with Gasteiger partial charge in [0.1, 0.15) is 13.2 Å². The zero-order chi connectivity index (χ0) is 15.5. The molecule has 1 amide bonds. The van der Waals surface area contributed by atoms with Crippen LogP contribution in [0.3, 0.4) is 0 Å². The molecule has 1 aromatic rings. The molecule has 0 aromatic heterocycles. The van der Waals surface area contributed by atoms with Crippen molar-refractivity contribution in [1.29, 1.82) is 0 Å². The number of carbonyl (C=O) groups excluding carboxylic acids is 1. The van der Waals surface area contributed by atoms with E-state index in [9.17, 15) is 18.0 Å². The molecular formula is C14H17F3N2O2. The second-order valence-electron chi connectivity index (χ2n) is 4.96. The molecule has 2 N–H and O–H groups in total. The zero-order valence-corrected chi connectivity index (χ0v) is 11.4. The largest absolute Gasteiger partial charge is 0.411 e. The van der Waals surface area contributed by atoms with Crippen molar-refractivity contribution in [3.8, 4) is 0 Å². The summed E-state index contributed by atoms with van der Waals surface area (Å²) in [5, 5.41) is 0. The fourth-order valence-corrected chi connectivity index (χ4v) is 2.38. The van der Waals surface area contributed by atoms with E-state index in [0.717, 1.165) is 12.0 Å². The molecule has 0 bridgehead atoms. The van der Waals surface area contributed by atoms with Crippen molar-refractivity contribution < 1.29 is 22.7 Å². The van der Waals surface area contributed by atoms with Gasteiger partial charge >= 0.3 is 6.18 Å². The number of alkyl halides is 3. The Balaban J connectivity index is 2.08. The number of hydrogen-bond acceptors (Lipinski definition) is 3. The average Bonchev–Trinajstić information content (AvgIpc) is 2.57. The standard InChI is InChI=1S/C14H17F3N2O2/c15-14(16,17)9-21-8-13(20)19-7-3-5-11(18)10-4-1-2-6-12(10)19/h1-2,4,6,11H,3,5,7-9,18H2. The third-order valence-corrected chi connectivity index (χ3v) is 3.32. The summed E-state index contributed by atoms with van der Waals surface area (Å²) in [5.41, 5.74) is 7.54. The number of carbonyl (C=O) groups is 1. The Morgan fingerprint density at radius 1 is 1.38 bits per heavy atom. The molecule has 1 atom stereocenters. The van der Waals surface area contributed by atoms with Crippen molar-refractivity contribution >= 4 is 11.6 Å². The molecule has 1 aromatic carbocycles. The maximum absolute atomic E-state index is 12.1. The number of benzene rings is 1. The highest BCUT2D eigenvalue weighted by molar-refractivity contribution is 5.95. The lowest BCUT2D eigenvalue weighted by Gasteiger charge is -2.23. The normalized spacial score (nSPS) is 19.0. The van der Waals surface area contributed by atoms with Crippen LogP contribution in [-0.2, 0) is 9.53 Å². The number of para-hydroxylation sites is 1. The molecule has 116 valence electrons. The molecule has 1 unspecified atom stereocenters. The van der Waals surface area contributed by atoms with E-state index in [1.807, 2.05) is 12.1 Å². The van der Waals surface area contributed by atoms with Gasteiger partial charge < -0.3 is 15.4 Å². The van der Waals surface area contributed by atoms with Crippen molar-refractivity contribution in [1.82, 2.24) is 0 Å². The SMILES string of the molecule is NC1CCCN(C(=O)COCC(F)(F)F)c2ccccc21. The monoisotopic (exact) mass is 302 g/mol. The molecule has 1 aliphatic rings. The highest BCUT2D eigenvalue weighted by Gasteiger charge is 2.29. The summed E-state index contributed by atoms with van der Waals surface area (Å²) in [7, 11) is 0. The fourth-order valence-electron chi connectivity index (χ4n) is 2.38. The predicted molar refractivity (Wildman–Crippen MR) is 71.8 cm³/mol. The van der Waals surface area contributed by atoms with Crippen LogP contribution in [0, 0.1) is 0 Å². The third-order valence-electron chi connectivity index (χ3n) is 3.32. The van der Waals surface area contributed by atoms with E-state index in [-0.39, 0.29) is 6.04 Å². The third kappa shape index (κ3) is 4.18. The number of halogens is 3. The smallest absolute Gasteiger partial charge is 0.362 e. The molecule has 2 rings (SSSR count). The van der Waals surface area contributed by atoms with Gasteiger partial charge in [0.15, 0.2) is 0 Å². The Hall–Kier alpha value is -1.60. The number of nitrogens with two attached hydrogens (primary N) is 1. The number of hydrogen-bond donors (Lipinski definition) is 1. The minimum atomic E-state index is -4.43. The van der Waals surface area contributed by atoms with Crippen LogP contribution in [0.5, 0.6) is 0 Å². The molecule has 21 heavy (non-hydrogen) atoms. The van der Waals surface area contributed by atoms with E-state index >= 15 is 0 Å². The van der Waals surface area contributed by atoms with Gasteiger partial charge in [0.2, 0.25) is 0 Å². The molecule has 1 heterocycles. The van der Waals surface area contributed by atoms with Gasteiger partial charge in [-0.1, -0.05) is 18.2 Å². The molecule has 0 saturated heterocycles. The number of ether oxygens (including phenoxy) is 1. The molecule has 7 heteroatoms. The molecule has 0 aliphatic carbocycles. The summed E-state index contributed by atoms with van der Waals surface area (Å²) >= 11 is 0. The number of rotatable bonds is 3. The van der Waals surface area contributed by atoms with Crippen molar-refractivity contribution in [2.24, 2.45) is 5.73 Å². The first-order chi connectivity index (χ1) is 9.88. The quantitative estimate of drug-likeness (QED) is 0.932. The van der Waals surface area contributed by atoms with Gasteiger partial charge in [-0.3, -0.25) is 4.79 Å². The molecule has 1 aliphatic heterocycles. The van der Waals surface area contributed by atoms with E-state index in [1.54, 1.807) is 12.1 Å². The van der Waals surface area contributed by atoms with E-state index < -0.39 is 25.3 Å². The topological polar surface area (TPSA) is 55.6 Å². The van der Waals surface area contributed by atoms with Crippen LogP contribution >= 0.6 is 0 Å². The highest BCUT2D eigenvalue weighted by Crippen LogP contribution is 2.31. The Bertz CT molecular complexity index is 505. The maximum Gasteiger partial charge on any atom is 0.411 e. The lowest BCUT2D eigenvalue weighted by atomic mass is 10.0. The van der Waals surface area contributed by atoms with Crippen LogP contribution in [0.4, 0.5) is 18.9 Å². The second kappa shape index (κ2) is 6.44. The van der Waals surface area contributed by atoms with E-state index in [0.29, 0.717) is 18.7 Å². The molecule has 0 spiro atoms. The Labute approximate surface area is 120 Å². The van der Waals surface area contributed by atoms with E-state index in [4.69, 9.17) is 5.73 Å². The minimum absolute atomic E-state index is 0.171. The Morgan fingerprint density at radius 3 is 2.81 bits per heavy atom. The summed E-state index contributed by atoms with van der Waals surface area (Å²) in [6.07, 6.45) is -3.01. The van der Waals surface area contributed by atoms with Gasteiger partial charge in [0, 0.05) is 18.3 Å². The lowest BCUT2D eigenvalue weighted by molar-refractivity contribution is -0.175. The summed E-state index contributed by atoms with van der Waals surface area (Å²) in [4.78, 5) is 13.6. The predicted octanol–water partition coefficient (Wildman–Crippen LogP) is 2.39. The molecule has 0 saturated carbocycles. The van der Waals surface area contributed by atoms with Crippen LogP contribution < -0.4 is 10.6 Å². The highest BCUT2D eigenvalue weighted by atomic mass is 19.4. The van der Waals surface area contributed by atoms with Gasteiger partial charge in [-0.2, -0.15) is 13.2 Å². The minimum Gasteiger partial charge on any atom is -0.362 e. The molecule has 0 fully saturated rings. The Morgan fingerprint density at radius 2 is 2.10 bits per heavy atom. The number of anilines is 1. The zero-order valence-electron chi connectivity index (χ0n) is 11.4. The maximum atomic E-state index is 12.1. The van der Waals surface area contributed by atoms with Crippen LogP contribution in [0.25, 0.3) is 0 Å². The van der Waals surface area contributed by atoms with E-state index in [1.165, 1.54) is 4.90 Å². The van der Waals surface area contributed by atoms with Crippen molar-refractivity contribution in [2.45, 2.75) is 25.1 Å². The summed E-state index contributed by atoms with van der Waals surface area (Å²) in [5.74, 6) is -0.485. The Kier molecular flexibility index (Phi) is 4.84. The number of fused-ring (bicyclic) bond motifs is 1. The van der Waals surface area contributed by atoms with Gasteiger partial charge in [0.25, 0.3) is 5.91 Å². The second-order valence-corrected chi connectivity index (χ2v) is 4.96. The van der Waals surface area contributed by atoms with Crippen LogP contribution in [-0.4, -0.2) is 31.8 Å². The molecule has 4 nitrogen and oxygen atoms in total.